The zero-order chi connectivity index (χ0) is 34.7. The number of nitrogens with zero attached hydrogens (tertiary/aromatic N) is 3. The maximum atomic E-state index is 12.8. The lowest BCUT2D eigenvalue weighted by molar-refractivity contribution is -0.277. The summed E-state index contributed by atoms with van der Waals surface area (Å²) in [6, 6.07) is 30.7. The van der Waals surface area contributed by atoms with Crippen LogP contribution in [0.1, 0.15) is 70.5 Å². The van der Waals surface area contributed by atoms with Gasteiger partial charge in [0.2, 0.25) is 0 Å². The summed E-state index contributed by atoms with van der Waals surface area (Å²) in [5.74, 6) is -0.251. The Bertz CT molecular complexity index is 1910. The molecule has 2 fully saturated rings. The van der Waals surface area contributed by atoms with Gasteiger partial charge in [-0.2, -0.15) is 0 Å². The van der Waals surface area contributed by atoms with Crippen LogP contribution in [0.2, 0.25) is 5.02 Å². The van der Waals surface area contributed by atoms with E-state index in [9.17, 15) is 15.0 Å². The lowest BCUT2D eigenvalue weighted by Gasteiger charge is -2.45. The van der Waals surface area contributed by atoms with Crippen LogP contribution in [0.5, 0.6) is 0 Å². The molecule has 2 aliphatic heterocycles. The van der Waals surface area contributed by atoms with Gasteiger partial charge in [-0.3, -0.25) is 9.78 Å². The molecular weight excluding hydrogens is 652 g/mol. The quantitative estimate of drug-likeness (QED) is 0.161. The van der Waals surface area contributed by atoms with Gasteiger partial charge in [0.25, 0.3) is 5.91 Å². The van der Waals surface area contributed by atoms with Gasteiger partial charge < -0.3 is 29.9 Å². The normalized spacial score (nSPS) is 22.3. The standard InChI is InChI=1S/C40H41ClN4O5/c1-26-36(24-45-20-18-40(48,19-21-45)31-14-16-32(41)17-15-31)49-39(50-37(26)29-10-8-28(25-46)9-11-29)30-12-6-27(7-13-30)22-43-38(47)35-23-42-33-4-2-3-5-34(33)44-35/h2-17,23,26,36-37,39,46,48H,18-22,24-25H2,1H3,(H,43,47)/t26-,36+,37+,39+/m1/s1. The fourth-order valence-electron chi connectivity index (χ4n) is 6.87. The largest absolute Gasteiger partial charge is 0.392 e. The van der Waals surface area contributed by atoms with Crippen LogP contribution in [-0.2, 0) is 28.2 Å². The average Bonchev–Trinajstić information content (AvgIpc) is 3.16. The van der Waals surface area contributed by atoms with Gasteiger partial charge >= 0.3 is 0 Å². The van der Waals surface area contributed by atoms with Crippen molar-refractivity contribution in [1.29, 1.82) is 0 Å². The first kappa shape index (κ1) is 34.2. The van der Waals surface area contributed by atoms with Gasteiger partial charge in [0.15, 0.2) is 6.29 Å². The molecule has 4 atom stereocenters. The van der Waals surface area contributed by atoms with Gasteiger partial charge in [0, 0.05) is 42.7 Å². The van der Waals surface area contributed by atoms with E-state index in [2.05, 4.69) is 27.1 Å². The van der Waals surface area contributed by atoms with Crippen LogP contribution in [0.15, 0.2) is 103 Å². The van der Waals surface area contributed by atoms with Crippen molar-refractivity contribution in [3.8, 4) is 0 Å². The third-order valence-corrected chi connectivity index (χ3v) is 10.3. The number of nitrogens with one attached hydrogen (secondary N) is 1. The van der Waals surface area contributed by atoms with Gasteiger partial charge in [-0.1, -0.05) is 91.3 Å². The van der Waals surface area contributed by atoms with Crippen LogP contribution in [0, 0.1) is 5.92 Å². The number of hydrogen-bond acceptors (Lipinski definition) is 8. The topological polar surface area (TPSA) is 117 Å². The molecule has 10 heteroatoms. The van der Waals surface area contributed by atoms with Crippen LogP contribution >= 0.6 is 11.6 Å². The second-order valence-electron chi connectivity index (χ2n) is 13.3. The molecular formula is C40H41ClN4O5. The smallest absolute Gasteiger partial charge is 0.271 e. The minimum absolute atomic E-state index is 0.0183. The molecule has 3 heterocycles. The van der Waals surface area contributed by atoms with Crippen molar-refractivity contribution >= 4 is 28.5 Å². The highest BCUT2D eigenvalue weighted by Gasteiger charge is 2.41. The number of halogens is 1. The summed E-state index contributed by atoms with van der Waals surface area (Å²) >= 11 is 6.09. The molecule has 0 aliphatic carbocycles. The molecule has 258 valence electrons. The second kappa shape index (κ2) is 14.9. The van der Waals surface area contributed by atoms with Gasteiger partial charge in [0.05, 0.1) is 41.6 Å². The molecule has 9 nitrogen and oxygen atoms in total. The molecule has 1 amide bonds. The fourth-order valence-corrected chi connectivity index (χ4v) is 6.99. The number of hydrogen-bond donors (Lipinski definition) is 3. The number of carbonyl (C=O) groups excluding carboxylic acids is 1. The summed E-state index contributed by atoms with van der Waals surface area (Å²) in [7, 11) is 0. The van der Waals surface area contributed by atoms with Crippen molar-refractivity contribution in [3.63, 3.8) is 0 Å². The summed E-state index contributed by atoms with van der Waals surface area (Å²) in [4.78, 5) is 24.0. The minimum Gasteiger partial charge on any atom is -0.392 e. The number of rotatable bonds is 9. The van der Waals surface area contributed by atoms with Crippen molar-refractivity contribution in [2.75, 3.05) is 19.6 Å². The SMILES string of the molecule is C[C@@H]1[C@H](CN2CCC(O)(c3ccc(Cl)cc3)CC2)O[C@H](c2ccc(CNC(=O)c3cnc4ccccc4n3)cc2)O[C@@H]1c1ccc(CO)cc1. The first-order valence-corrected chi connectivity index (χ1v) is 17.5. The van der Waals surface area contributed by atoms with Gasteiger partial charge in [-0.25, -0.2) is 4.98 Å². The Balaban J connectivity index is 1.03. The molecule has 50 heavy (non-hydrogen) atoms. The molecule has 3 N–H and O–H groups in total. The number of aromatic nitrogens is 2. The fraction of sp³-hybridized carbons (Fsp3) is 0.325. The Labute approximate surface area is 296 Å². The van der Waals surface area contributed by atoms with E-state index in [1.165, 1.54) is 6.20 Å². The summed E-state index contributed by atoms with van der Waals surface area (Å²) in [6.07, 6.45) is 1.75. The Morgan fingerprint density at radius 3 is 2.26 bits per heavy atom. The van der Waals surface area contributed by atoms with Gasteiger partial charge in [0.1, 0.15) is 5.69 Å². The zero-order valence-electron chi connectivity index (χ0n) is 27.9. The number of amides is 1. The lowest BCUT2D eigenvalue weighted by atomic mass is 9.84. The van der Waals surface area contributed by atoms with Crippen molar-refractivity contribution in [2.45, 2.75) is 57.0 Å². The summed E-state index contributed by atoms with van der Waals surface area (Å²) in [5, 5.41) is 24.7. The van der Waals surface area contributed by atoms with E-state index in [-0.39, 0.29) is 36.3 Å². The third-order valence-electron chi connectivity index (χ3n) is 10.0. The molecule has 2 saturated heterocycles. The van der Waals surface area contributed by atoms with Crippen molar-refractivity contribution in [2.24, 2.45) is 5.92 Å². The number of benzene rings is 4. The van der Waals surface area contributed by atoms with E-state index in [0.29, 0.717) is 36.5 Å². The third kappa shape index (κ3) is 7.58. The molecule has 0 spiro atoms. The first-order chi connectivity index (χ1) is 24.3. The van der Waals surface area contributed by atoms with Crippen LogP contribution in [0.25, 0.3) is 11.0 Å². The Morgan fingerprint density at radius 2 is 1.56 bits per heavy atom. The number of ether oxygens (including phenoxy) is 2. The maximum Gasteiger partial charge on any atom is 0.271 e. The Hall–Kier alpha value is -4.22. The zero-order valence-corrected chi connectivity index (χ0v) is 28.7. The predicted molar refractivity (Wildman–Crippen MR) is 191 cm³/mol. The van der Waals surface area contributed by atoms with E-state index in [0.717, 1.165) is 46.4 Å². The predicted octanol–water partition coefficient (Wildman–Crippen LogP) is 6.48. The summed E-state index contributed by atoms with van der Waals surface area (Å²) in [5.41, 5.74) is 5.38. The number of fused-ring (bicyclic) bond motifs is 1. The monoisotopic (exact) mass is 692 g/mol. The summed E-state index contributed by atoms with van der Waals surface area (Å²) < 4.78 is 13.4. The first-order valence-electron chi connectivity index (χ1n) is 17.1. The lowest BCUT2D eigenvalue weighted by Crippen LogP contribution is -2.49. The van der Waals surface area contributed by atoms with Gasteiger partial charge in [-0.05, 0) is 59.4 Å². The highest BCUT2D eigenvalue weighted by molar-refractivity contribution is 6.30. The van der Waals surface area contributed by atoms with E-state index in [4.69, 9.17) is 21.1 Å². The molecule has 0 unspecified atom stereocenters. The van der Waals surface area contributed by atoms with Crippen molar-refractivity contribution in [1.82, 2.24) is 20.2 Å². The number of aliphatic hydroxyl groups excluding tert-OH is 1. The van der Waals surface area contributed by atoms with E-state index in [1.807, 2.05) is 97.1 Å². The van der Waals surface area contributed by atoms with E-state index >= 15 is 0 Å². The minimum atomic E-state index is -0.882. The van der Waals surface area contributed by atoms with Crippen molar-refractivity contribution < 1.29 is 24.5 Å². The van der Waals surface area contributed by atoms with E-state index in [1.54, 1.807) is 0 Å². The number of carbonyl (C=O) groups is 1. The average molecular weight is 693 g/mol. The number of likely N-dealkylation sites (tertiary alicyclic amines) is 1. The van der Waals surface area contributed by atoms with E-state index < -0.39 is 11.9 Å². The molecule has 2 aliphatic rings. The van der Waals surface area contributed by atoms with Crippen LogP contribution < -0.4 is 5.32 Å². The van der Waals surface area contributed by atoms with Crippen LogP contribution in [-0.4, -0.2) is 56.7 Å². The van der Waals surface area contributed by atoms with Crippen molar-refractivity contribution in [3.05, 3.63) is 142 Å². The highest BCUT2D eigenvalue weighted by atomic mass is 35.5. The Morgan fingerprint density at radius 1 is 0.900 bits per heavy atom. The van der Waals surface area contributed by atoms with Gasteiger partial charge in [-0.15, -0.1) is 0 Å². The number of aliphatic hydroxyl groups is 2. The Kier molecular flexibility index (Phi) is 10.2. The molecule has 0 bridgehead atoms. The summed E-state index contributed by atoms with van der Waals surface area (Å²) in [6.45, 7) is 4.64. The molecule has 4 aromatic carbocycles. The molecule has 0 saturated carbocycles. The highest BCUT2D eigenvalue weighted by Crippen LogP contribution is 2.42. The molecule has 5 aromatic rings. The number of piperidine rings is 1. The van der Waals surface area contributed by atoms with Crippen LogP contribution in [0.3, 0.4) is 0 Å². The maximum absolute atomic E-state index is 12.8. The van der Waals surface area contributed by atoms with Crippen LogP contribution in [0.4, 0.5) is 0 Å². The second-order valence-corrected chi connectivity index (χ2v) is 13.8. The molecule has 0 radical (unpaired) electrons. The number of para-hydroxylation sites is 2. The molecule has 1 aromatic heterocycles. The molecule has 7 rings (SSSR count).